The van der Waals surface area contributed by atoms with E-state index in [2.05, 4.69) is 12.2 Å². The Morgan fingerprint density at radius 3 is 2.75 bits per heavy atom. The van der Waals surface area contributed by atoms with Crippen LogP contribution in [0.3, 0.4) is 0 Å². The highest BCUT2D eigenvalue weighted by atomic mass is 16.5. The number of rotatable bonds is 6. The number of nitrogens with two attached hydrogens (primary N) is 1. The monoisotopic (exact) mass is 276 g/mol. The Bertz CT molecular complexity index is 476. The summed E-state index contributed by atoms with van der Waals surface area (Å²) in [6.07, 6.45) is 3.78. The molecule has 2 rings (SSSR count). The van der Waals surface area contributed by atoms with Crippen molar-refractivity contribution in [1.29, 1.82) is 0 Å². The molecule has 1 saturated carbocycles. The van der Waals surface area contributed by atoms with Gasteiger partial charge in [0.15, 0.2) is 0 Å². The average molecular weight is 276 g/mol. The number of carbonyl (C=O) groups is 1. The van der Waals surface area contributed by atoms with Crippen molar-refractivity contribution in [2.45, 2.75) is 39.5 Å². The minimum absolute atomic E-state index is 0.0245. The lowest BCUT2D eigenvalue weighted by Crippen LogP contribution is -2.47. The number of benzene rings is 1. The molecule has 3 N–H and O–H groups in total. The van der Waals surface area contributed by atoms with Gasteiger partial charge in [-0.15, -0.1) is 0 Å². The van der Waals surface area contributed by atoms with E-state index in [-0.39, 0.29) is 11.3 Å². The molecule has 1 aromatic rings. The second-order valence-electron chi connectivity index (χ2n) is 5.64. The lowest BCUT2D eigenvalue weighted by Gasteiger charge is -2.39. The Morgan fingerprint density at radius 1 is 1.45 bits per heavy atom. The Morgan fingerprint density at radius 2 is 2.20 bits per heavy atom. The van der Waals surface area contributed by atoms with Crippen LogP contribution in [0.1, 0.15) is 38.2 Å². The predicted molar refractivity (Wildman–Crippen MR) is 80.9 cm³/mol. The summed E-state index contributed by atoms with van der Waals surface area (Å²) in [6, 6.07) is 5.84. The molecular weight excluding hydrogens is 252 g/mol. The average Bonchev–Trinajstić information content (AvgIpc) is 2.38. The summed E-state index contributed by atoms with van der Waals surface area (Å²) in [7, 11) is 0. The number of nitrogens with one attached hydrogen (secondary N) is 1. The van der Waals surface area contributed by atoms with Gasteiger partial charge in [-0.1, -0.05) is 19.4 Å². The van der Waals surface area contributed by atoms with E-state index in [1.165, 1.54) is 0 Å². The van der Waals surface area contributed by atoms with E-state index in [9.17, 15) is 4.79 Å². The van der Waals surface area contributed by atoms with Crippen LogP contribution < -0.4 is 15.8 Å². The van der Waals surface area contributed by atoms with Gasteiger partial charge < -0.3 is 15.8 Å². The number of hydrogen-bond donors (Lipinski definition) is 2. The van der Waals surface area contributed by atoms with Crippen molar-refractivity contribution in [3.8, 4) is 5.75 Å². The van der Waals surface area contributed by atoms with E-state index < -0.39 is 0 Å². The van der Waals surface area contributed by atoms with Gasteiger partial charge >= 0.3 is 0 Å². The topological polar surface area (TPSA) is 64.3 Å². The summed E-state index contributed by atoms with van der Waals surface area (Å²) in [5.74, 6) is 0.767. The zero-order valence-corrected chi connectivity index (χ0v) is 12.4. The Labute approximate surface area is 120 Å². The van der Waals surface area contributed by atoms with E-state index in [0.29, 0.717) is 13.2 Å². The van der Waals surface area contributed by atoms with Crippen LogP contribution in [0.4, 0.5) is 5.69 Å². The summed E-state index contributed by atoms with van der Waals surface area (Å²) in [5, 5.41) is 3.00. The SMILES string of the molecule is CCCOc1cc(C)ccc1NC(=O)C1(CN)CCC1. The van der Waals surface area contributed by atoms with Crippen LogP contribution in [0.2, 0.25) is 0 Å². The van der Waals surface area contributed by atoms with Crippen molar-refractivity contribution < 1.29 is 9.53 Å². The van der Waals surface area contributed by atoms with Gasteiger partial charge in [-0.2, -0.15) is 0 Å². The van der Waals surface area contributed by atoms with Gasteiger partial charge in [0, 0.05) is 6.54 Å². The third kappa shape index (κ3) is 2.96. The van der Waals surface area contributed by atoms with Gasteiger partial charge in [0.2, 0.25) is 5.91 Å². The number of hydrogen-bond acceptors (Lipinski definition) is 3. The van der Waals surface area contributed by atoms with Crippen molar-refractivity contribution in [2.75, 3.05) is 18.5 Å². The van der Waals surface area contributed by atoms with Crippen LogP contribution in [0, 0.1) is 12.3 Å². The summed E-state index contributed by atoms with van der Waals surface area (Å²) < 4.78 is 5.72. The first-order chi connectivity index (χ1) is 9.61. The molecule has 0 radical (unpaired) electrons. The molecule has 1 aliphatic carbocycles. The van der Waals surface area contributed by atoms with Crippen molar-refractivity contribution in [3.63, 3.8) is 0 Å². The minimum atomic E-state index is -0.368. The third-order valence-corrected chi connectivity index (χ3v) is 4.03. The van der Waals surface area contributed by atoms with Gasteiger partial charge in [0.25, 0.3) is 0 Å². The number of amides is 1. The molecule has 0 aliphatic heterocycles. The Hall–Kier alpha value is -1.55. The highest BCUT2D eigenvalue weighted by Gasteiger charge is 2.43. The number of carbonyl (C=O) groups excluding carboxylic acids is 1. The molecule has 0 atom stereocenters. The Kier molecular flexibility index (Phi) is 4.65. The molecule has 1 aliphatic rings. The number of aryl methyl sites for hydroxylation is 1. The molecule has 1 fully saturated rings. The maximum atomic E-state index is 12.4. The van der Waals surface area contributed by atoms with Crippen LogP contribution in [-0.2, 0) is 4.79 Å². The van der Waals surface area contributed by atoms with Crippen molar-refractivity contribution in [1.82, 2.24) is 0 Å². The molecule has 0 unspecified atom stereocenters. The molecule has 0 aromatic heterocycles. The van der Waals surface area contributed by atoms with Gasteiger partial charge in [-0.25, -0.2) is 0 Å². The largest absolute Gasteiger partial charge is 0.491 e. The summed E-state index contributed by atoms with van der Waals surface area (Å²) in [4.78, 5) is 12.4. The van der Waals surface area contributed by atoms with E-state index in [1.54, 1.807) is 0 Å². The molecule has 0 bridgehead atoms. The fourth-order valence-electron chi connectivity index (χ4n) is 2.45. The zero-order chi connectivity index (χ0) is 14.6. The second-order valence-corrected chi connectivity index (χ2v) is 5.64. The molecule has 110 valence electrons. The highest BCUT2D eigenvalue weighted by Crippen LogP contribution is 2.41. The molecule has 4 heteroatoms. The lowest BCUT2D eigenvalue weighted by atomic mass is 9.68. The van der Waals surface area contributed by atoms with E-state index in [4.69, 9.17) is 10.5 Å². The van der Waals surface area contributed by atoms with E-state index in [0.717, 1.165) is 42.7 Å². The molecule has 0 heterocycles. The maximum absolute atomic E-state index is 12.4. The van der Waals surface area contributed by atoms with Crippen LogP contribution in [0.15, 0.2) is 18.2 Å². The quantitative estimate of drug-likeness (QED) is 0.839. The first-order valence-corrected chi connectivity index (χ1v) is 7.36. The number of ether oxygens (including phenoxy) is 1. The molecule has 0 saturated heterocycles. The summed E-state index contributed by atoms with van der Waals surface area (Å²) in [5.41, 5.74) is 7.27. The van der Waals surface area contributed by atoms with Crippen molar-refractivity contribution in [3.05, 3.63) is 23.8 Å². The molecule has 1 amide bonds. The predicted octanol–water partition coefficient (Wildman–Crippen LogP) is 2.85. The van der Waals surface area contributed by atoms with Gasteiger partial charge in [0.05, 0.1) is 17.7 Å². The highest BCUT2D eigenvalue weighted by molar-refractivity contribution is 5.97. The van der Waals surface area contributed by atoms with Crippen LogP contribution >= 0.6 is 0 Å². The van der Waals surface area contributed by atoms with Crippen molar-refractivity contribution in [2.24, 2.45) is 11.1 Å². The molecular formula is C16H24N2O2. The molecule has 1 aromatic carbocycles. The molecule has 20 heavy (non-hydrogen) atoms. The van der Waals surface area contributed by atoms with Gasteiger partial charge in [0.1, 0.15) is 5.75 Å². The lowest BCUT2D eigenvalue weighted by molar-refractivity contribution is -0.129. The van der Waals surface area contributed by atoms with E-state index in [1.807, 2.05) is 25.1 Å². The smallest absolute Gasteiger partial charge is 0.231 e. The number of anilines is 1. The standard InChI is InChI=1S/C16H24N2O2/c1-3-9-20-14-10-12(2)5-6-13(14)18-15(19)16(11-17)7-4-8-16/h5-6,10H,3-4,7-9,11,17H2,1-2H3,(H,18,19). The van der Waals surface area contributed by atoms with Gasteiger partial charge in [-0.3, -0.25) is 4.79 Å². The first kappa shape index (κ1) is 14.9. The minimum Gasteiger partial charge on any atom is -0.491 e. The Balaban J connectivity index is 2.13. The normalized spacial score (nSPS) is 16.4. The first-order valence-electron chi connectivity index (χ1n) is 7.36. The fraction of sp³-hybridized carbons (Fsp3) is 0.562. The van der Waals surface area contributed by atoms with Crippen molar-refractivity contribution >= 4 is 11.6 Å². The fourth-order valence-corrected chi connectivity index (χ4v) is 2.45. The molecule has 0 spiro atoms. The van der Waals surface area contributed by atoms with Crippen LogP contribution in [0.25, 0.3) is 0 Å². The second kappa shape index (κ2) is 6.27. The van der Waals surface area contributed by atoms with Crippen LogP contribution in [0.5, 0.6) is 5.75 Å². The summed E-state index contributed by atoms with van der Waals surface area (Å²) in [6.45, 7) is 5.13. The summed E-state index contributed by atoms with van der Waals surface area (Å²) >= 11 is 0. The molecule has 4 nitrogen and oxygen atoms in total. The van der Waals surface area contributed by atoms with Crippen LogP contribution in [-0.4, -0.2) is 19.1 Å². The van der Waals surface area contributed by atoms with E-state index >= 15 is 0 Å². The maximum Gasteiger partial charge on any atom is 0.231 e. The zero-order valence-electron chi connectivity index (χ0n) is 12.4. The van der Waals surface area contributed by atoms with Gasteiger partial charge in [-0.05, 0) is 43.9 Å². The third-order valence-electron chi connectivity index (χ3n) is 4.03.